The quantitative estimate of drug-likeness (QED) is 0.473. The number of phenols is 1. The van der Waals surface area contributed by atoms with Gasteiger partial charge in [-0.25, -0.2) is 18.4 Å². The Kier molecular flexibility index (Phi) is 5.23. The Morgan fingerprint density at radius 2 is 1.81 bits per heavy atom. The van der Waals surface area contributed by atoms with Crippen LogP contribution >= 0.6 is 11.8 Å². The van der Waals surface area contributed by atoms with E-state index in [9.17, 15) is 23.6 Å². The van der Waals surface area contributed by atoms with Gasteiger partial charge in [0.1, 0.15) is 10.1 Å². The van der Waals surface area contributed by atoms with E-state index in [0.29, 0.717) is 10.1 Å². The summed E-state index contributed by atoms with van der Waals surface area (Å²) >= 11 is 1.25. The minimum Gasteiger partial charge on any atom is -0.502 e. The number of nitro groups is 1. The third kappa shape index (κ3) is 4.51. The van der Waals surface area contributed by atoms with E-state index in [1.165, 1.54) is 30.1 Å². The Hall–Kier alpha value is -3.18. The number of pyridine rings is 2. The zero-order chi connectivity index (χ0) is 19.4. The van der Waals surface area contributed by atoms with Crippen LogP contribution in [0.25, 0.3) is 0 Å². The van der Waals surface area contributed by atoms with E-state index in [-0.39, 0.29) is 10.6 Å². The molecule has 11 heteroatoms. The molecule has 0 atom stereocenters. The van der Waals surface area contributed by atoms with Crippen molar-refractivity contribution in [2.75, 3.05) is 4.72 Å². The predicted molar refractivity (Wildman–Crippen MR) is 98.2 cm³/mol. The monoisotopic (exact) mass is 404 g/mol. The molecule has 3 rings (SSSR count). The van der Waals surface area contributed by atoms with Crippen LogP contribution in [0.1, 0.15) is 0 Å². The van der Waals surface area contributed by atoms with Crippen molar-refractivity contribution in [3.8, 4) is 5.75 Å². The molecule has 0 fully saturated rings. The molecule has 1 aromatic carbocycles. The molecular formula is C16H12N4O5S2. The first kappa shape index (κ1) is 18.6. The Morgan fingerprint density at radius 3 is 2.52 bits per heavy atom. The van der Waals surface area contributed by atoms with Gasteiger partial charge in [-0.3, -0.25) is 14.8 Å². The second-order valence-corrected chi connectivity index (χ2v) is 7.89. The minimum absolute atomic E-state index is 0.235. The first-order valence-electron chi connectivity index (χ1n) is 7.40. The van der Waals surface area contributed by atoms with Crippen LogP contribution in [0.15, 0.2) is 75.9 Å². The van der Waals surface area contributed by atoms with E-state index in [4.69, 9.17) is 0 Å². The summed E-state index contributed by atoms with van der Waals surface area (Å²) < 4.78 is 27.3. The number of aromatic nitrogens is 2. The molecule has 2 N–H and O–H groups in total. The van der Waals surface area contributed by atoms with Crippen LogP contribution in [0.5, 0.6) is 5.75 Å². The van der Waals surface area contributed by atoms with Gasteiger partial charge in [0.2, 0.25) is 0 Å². The van der Waals surface area contributed by atoms with Crippen molar-refractivity contribution in [2.24, 2.45) is 0 Å². The molecule has 0 saturated heterocycles. The van der Waals surface area contributed by atoms with Crippen molar-refractivity contribution in [3.05, 3.63) is 71.0 Å². The third-order valence-electron chi connectivity index (χ3n) is 3.29. The first-order valence-corrected chi connectivity index (χ1v) is 9.70. The van der Waals surface area contributed by atoms with Crippen LogP contribution in [-0.2, 0) is 10.0 Å². The fraction of sp³-hybridized carbons (Fsp3) is 0. The van der Waals surface area contributed by atoms with Crippen molar-refractivity contribution < 1.29 is 18.4 Å². The highest BCUT2D eigenvalue weighted by molar-refractivity contribution is 7.99. The number of nitrogens with one attached hydrogen (secondary N) is 1. The number of hydrogen-bond donors (Lipinski definition) is 2. The number of hydrogen-bond acceptors (Lipinski definition) is 8. The number of nitro benzene ring substituents is 1. The van der Waals surface area contributed by atoms with Gasteiger partial charge in [0.15, 0.2) is 5.75 Å². The molecule has 27 heavy (non-hydrogen) atoms. The molecule has 138 valence electrons. The van der Waals surface area contributed by atoms with Gasteiger partial charge >= 0.3 is 5.69 Å². The van der Waals surface area contributed by atoms with Gasteiger partial charge < -0.3 is 5.11 Å². The summed E-state index contributed by atoms with van der Waals surface area (Å²) in [6.45, 7) is 0. The van der Waals surface area contributed by atoms with Crippen LogP contribution < -0.4 is 4.72 Å². The van der Waals surface area contributed by atoms with Crippen molar-refractivity contribution in [3.63, 3.8) is 0 Å². The summed E-state index contributed by atoms with van der Waals surface area (Å²) in [5, 5.41) is 21.6. The minimum atomic E-state index is -4.09. The first-order chi connectivity index (χ1) is 12.8. The number of phenolic OH excluding ortho intramolecular Hbond substituents is 1. The largest absolute Gasteiger partial charge is 0.502 e. The van der Waals surface area contributed by atoms with Gasteiger partial charge in [0.25, 0.3) is 10.0 Å². The van der Waals surface area contributed by atoms with Crippen LogP contribution in [0.2, 0.25) is 0 Å². The van der Waals surface area contributed by atoms with Crippen LogP contribution in [0, 0.1) is 10.1 Å². The molecule has 2 heterocycles. The normalized spacial score (nSPS) is 11.1. The maximum atomic E-state index is 12.5. The fourth-order valence-electron chi connectivity index (χ4n) is 2.07. The zero-order valence-corrected chi connectivity index (χ0v) is 15.1. The second-order valence-electron chi connectivity index (χ2n) is 5.17. The summed E-state index contributed by atoms with van der Waals surface area (Å²) in [4.78, 5) is 18.0. The number of aromatic hydroxyl groups is 1. The van der Waals surface area contributed by atoms with Gasteiger partial charge in [0, 0.05) is 18.5 Å². The summed E-state index contributed by atoms with van der Waals surface area (Å²) in [5.74, 6) is -0.614. The summed E-state index contributed by atoms with van der Waals surface area (Å²) in [7, 11) is -4.09. The highest BCUT2D eigenvalue weighted by Crippen LogP contribution is 2.30. The van der Waals surface area contributed by atoms with Crippen molar-refractivity contribution in [1.29, 1.82) is 0 Å². The van der Waals surface area contributed by atoms with Gasteiger partial charge in [-0.15, -0.1) is 0 Å². The Morgan fingerprint density at radius 1 is 1.04 bits per heavy atom. The van der Waals surface area contributed by atoms with Gasteiger partial charge in [0.05, 0.1) is 15.5 Å². The Labute approximate surface area is 158 Å². The van der Waals surface area contributed by atoms with Gasteiger partial charge in [-0.2, -0.15) is 0 Å². The molecule has 3 aromatic rings. The average Bonchev–Trinajstić information content (AvgIpc) is 2.62. The number of rotatable bonds is 6. The van der Waals surface area contributed by atoms with Crippen molar-refractivity contribution in [1.82, 2.24) is 9.97 Å². The molecule has 0 spiro atoms. The topological polar surface area (TPSA) is 135 Å². The number of benzene rings is 1. The molecule has 0 aliphatic heterocycles. The highest BCUT2D eigenvalue weighted by atomic mass is 32.2. The van der Waals surface area contributed by atoms with Gasteiger partial charge in [-0.1, -0.05) is 17.8 Å². The molecule has 0 aliphatic rings. The summed E-state index contributed by atoms with van der Waals surface area (Å²) in [6, 6.07) is 11.2. The van der Waals surface area contributed by atoms with Crippen LogP contribution in [0.4, 0.5) is 11.4 Å². The molecule has 0 radical (unpaired) electrons. The molecular weight excluding hydrogens is 392 g/mol. The standard InChI is InChI=1S/C16H12N4O5S2/c21-14-5-4-12(10-13(14)20(22)23)27(24,25)19-11-6-8-18-16(9-11)26-15-3-1-2-7-17-15/h1-10,21H,(H,18,19). The molecule has 0 bridgehead atoms. The maximum absolute atomic E-state index is 12.5. The SMILES string of the molecule is O=[N+]([O-])c1cc(S(=O)(=O)Nc2ccnc(Sc3ccccn3)c2)ccc1O. The highest BCUT2D eigenvalue weighted by Gasteiger charge is 2.21. The number of nitrogens with zero attached hydrogens (tertiary/aromatic N) is 3. The third-order valence-corrected chi connectivity index (χ3v) is 5.55. The second kappa shape index (κ2) is 7.60. The van der Waals surface area contributed by atoms with E-state index in [1.807, 2.05) is 6.07 Å². The summed E-state index contributed by atoms with van der Waals surface area (Å²) in [5.41, 5.74) is -0.460. The molecule has 0 aliphatic carbocycles. The lowest BCUT2D eigenvalue weighted by atomic mass is 10.3. The zero-order valence-electron chi connectivity index (χ0n) is 13.5. The van der Waals surface area contributed by atoms with E-state index in [1.54, 1.807) is 18.3 Å². The summed E-state index contributed by atoms with van der Waals surface area (Å²) in [6.07, 6.45) is 3.06. The average molecular weight is 404 g/mol. The van der Waals surface area contributed by atoms with Crippen LogP contribution in [0.3, 0.4) is 0 Å². The van der Waals surface area contributed by atoms with Crippen molar-refractivity contribution in [2.45, 2.75) is 14.9 Å². The molecule has 0 saturated carbocycles. The number of anilines is 1. The maximum Gasteiger partial charge on any atom is 0.312 e. The molecule has 9 nitrogen and oxygen atoms in total. The molecule has 2 aromatic heterocycles. The Bertz CT molecular complexity index is 1090. The molecule has 0 unspecified atom stereocenters. The lowest BCUT2D eigenvalue weighted by Gasteiger charge is -2.09. The van der Waals surface area contributed by atoms with Crippen LogP contribution in [-0.4, -0.2) is 28.4 Å². The fourth-order valence-corrected chi connectivity index (χ4v) is 3.92. The van der Waals surface area contributed by atoms with E-state index in [0.717, 1.165) is 18.2 Å². The van der Waals surface area contributed by atoms with E-state index >= 15 is 0 Å². The van der Waals surface area contributed by atoms with Crippen molar-refractivity contribution >= 4 is 33.2 Å². The number of sulfonamides is 1. The van der Waals surface area contributed by atoms with E-state index < -0.39 is 26.4 Å². The lowest BCUT2D eigenvalue weighted by Crippen LogP contribution is -2.13. The predicted octanol–water partition coefficient (Wildman–Crippen LogP) is 3.04. The smallest absolute Gasteiger partial charge is 0.312 e. The molecule has 0 amide bonds. The lowest BCUT2D eigenvalue weighted by molar-refractivity contribution is -0.386. The van der Waals surface area contributed by atoms with E-state index in [2.05, 4.69) is 14.7 Å². The van der Waals surface area contributed by atoms with Gasteiger partial charge in [-0.05, 0) is 36.4 Å². The Balaban J connectivity index is 1.85.